The highest BCUT2D eigenvalue weighted by Crippen LogP contribution is 2.25. The van der Waals surface area contributed by atoms with Crippen molar-refractivity contribution in [3.05, 3.63) is 29.8 Å². The number of nitrogens with zero attached hydrogens (tertiary/aromatic N) is 1. The lowest BCUT2D eigenvalue weighted by molar-refractivity contribution is 0.147. The van der Waals surface area contributed by atoms with Crippen molar-refractivity contribution in [2.24, 2.45) is 0 Å². The highest BCUT2D eigenvalue weighted by molar-refractivity contribution is 7.99. The zero-order chi connectivity index (χ0) is 12.8. The van der Waals surface area contributed by atoms with Gasteiger partial charge in [0, 0.05) is 31.1 Å². The molecule has 0 amide bonds. The third-order valence-electron chi connectivity index (χ3n) is 3.31. The number of hydrogen-bond acceptors (Lipinski definition) is 3. The second-order valence-corrected chi connectivity index (χ2v) is 5.80. The average molecular weight is 305 g/mol. The third-order valence-corrected chi connectivity index (χ3v) is 4.21. The first kappa shape index (κ1) is 16.8. The maximum Gasteiger partial charge on any atom is 0.109 e. The molecule has 1 aliphatic rings. The van der Waals surface area contributed by atoms with E-state index in [9.17, 15) is 4.39 Å². The van der Waals surface area contributed by atoms with Crippen LogP contribution in [0.5, 0.6) is 0 Å². The summed E-state index contributed by atoms with van der Waals surface area (Å²) in [4.78, 5) is 3.50. The van der Waals surface area contributed by atoms with Crippen LogP contribution in [0.4, 0.5) is 4.39 Å². The number of halogens is 2. The summed E-state index contributed by atoms with van der Waals surface area (Å²) in [5.74, 6) is 1.07. The molecule has 19 heavy (non-hydrogen) atoms. The molecule has 0 unspecified atom stereocenters. The van der Waals surface area contributed by atoms with E-state index in [2.05, 4.69) is 41.4 Å². The average Bonchev–Trinajstić information content (AvgIpc) is 2.43. The van der Waals surface area contributed by atoms with Crippen LogP contribution in [0.2, 0.25) is 0 Å². The molecule has 0 radical (unpaired) electrons. The molecule has 108 valence electrons. The second kappa shape index (κ2) is 8.80. The molecular formula is C14H22ClFN2S. The van der Waals surface area contributed by atoms with Gasteiger partial charge in [-0.25, -0.2) is 4.39 Å². The molecule has 1 heterocycles. The molecule has 1 aliphatic heterocycles. The predicted molar refractivity (Wildman–Crippen MR) is 83.2 cm³/mol. The van der Waals surface area contributed by atoms with Crippen LogP contribution < -0.4 is 5.32 Å². The van der Waals surface area contributed by atoms with E-state index in [1.54, 1.807) is 0 Å². The van der Waals surface area contributed by atoms with Crippen molar-refractivity contribution in [1.82, 2.24) is 10.2 Å². The molecule has 2 rings (SSSR count). The van der Waals surface area contributed by atoms with Crippen molar-refractivity contribution in [2.45, 2.75) is 17.9 Å². The Morgan fingerprint density at radius 2 is 1.89 bits per heavy atom. The minimum atomic E-state index is -0.305. The zero-order valence-electron chi connectivity index (χ0n) is 11.3. The third kappa shape index (κ3) is 4.63. The van der Waals surface area contributed by atoms with Crippen LogP contribution >= 0.6 is 24.2 Å². The summed E-state index contributed by atoms with van der Waals surface area (Å²) in [6, 6.07) is 8.28. The summed E-state index contributed by atoms with van der Waals surface area (Å²) in [7, 11) is 0. The molecule has 2 nitrogen and oxygen atoms in total. The van der Waals surface area contributed by atoms with Crippen molar-refractivity contribution in [3.8, 4) is 0 Å². The normalized spacial score (nSPS) is 17.8. The van der Waals surface area contributed by atoms with Gasteiger partial charge in [0.25, 0.3) is 0 Å². The molecule has 0 aromatic heterocycles. The van der Waals surface area contributed by atoms with Gasteiger partial charge in [-0.15, -0.1) is 24.2 Å². The molecule has 0 aliphatic carbocycles. The molecule has 1 aromatic carbocycles. The Hall–Kier alpha value is -0.290. The molecule has 0 bridgehead atoms. The molecule has 0 spiro atoms. The first-order chi connectivity index (χ1) is 8.85. The monoisotopic (exact) mass is 304 g/mol. The molecule has 1 saturated heterocycles. The Morgan fingerprint density at radius 1 is 1.26 bits per heavy atom. The van der Waals surface area contributed by atoms with Crippen molar-refractivity contribution in [3.63, 3.8) is 0 Å². The van der Waals surface area contributed by atoms with Crippen molar-refractivity contribution in [1.29, 1.82) is 0 Å². The number of thioether (sulfide) groups is 1. The van der Waals surface area contributed by atoms with E-state index in [0.717, 1.165) is 37.5 Å². The Bertz CT molecular complexity index is 355. The topological polar surface area (TPSA) is 15.3 Å². The maximum atomic E-state index is 13.3. The van der Waals surface area contributed by atoms with Crippen LogP contribution in [0.25, 0.3) is 0 Å². The number of piperazine rings is 1. The summed E-state index contributed by atoms with van der Waals surface area (Å²) in [5.41, 5.74) is 1.10. The van der Waals surface area contributed by atoms with Gasteiger partial charge in [-0.2, -0.15) is 0 Å². The van der Waals surface area contributed by atoms with Gasteiger partial charge in [-0.1, -0.05) is 19.1 Å². The van der Waals surface area contributed by atoms with Crippen LogP contribution in [-0.4, -0.2) is 43.5 Å². The van der Waals surface area contributed by atoms with Crippen LogP contribution in [0, 0.1) is 0 Å². The molecule has 1 aromatic rings. The predicted octanol–water partition coefficient (Wildman–Crippen LogP) is 3.14. The Balaban J connectivity index is 0.00000180. The van der Waals surface area contributed by atoms with E-state index in [0.29, 0.717) is 0 Å². The number of benzene rings is 1. The first-order valence-electron chi connectivity index (χ1n) is 6.58. The van der Waals surface area contributed by atoms with Gasteiger partial charge in [0.1, 0.15) is 6.67 Å². The van der Waals surface area contributed by atoms with Gasteiger partial charge in [0.2, 0.25) is 0 Å². The zero-order valence-corrected chi connectivity index (χ0v) is 12.9. The largest absolute Gasteiger partial charge is 0.314 e. The fourth-order valence-corrected chi connectivity index (χ4v) is 3.01. The lowest BCUT2D eigenvalue weighted by Crippen LogP contribution is -2.45. The van der Waals surface area contributed by atoms with Crippen LogP contribution in [-0.2, 0) is 0 Å². The van der Waals surface area contributed by atoms with Gasteiger partial charge >= 0.3 is 0 Å². The summed E-state index contributed by atoms with van der Waals surface area (Å²) >= 11 is 1.82. The maximum absolute atomic E-state index is 13.3. The molecular weight excluding hydrogens is 283 g/mol. The standard InChI is InChI=1S/C14H21FN2S.ClH/c1-2-18-13-5-3-12(4-6-13)14(11-15)17-9-7-16-8-10-17;/h3-6,14,16H,2,7-11H2,1H3;1H/t14-;/m0./s1. The van der Waals surface area contributed by atoms with Crippen molar-refractivity contribution < 1.29 is 4.39 Å². The fourth-order valence-electron chi connectivity index (χ4n) is 2.34. The highest BCUT2D eigenvalue weighted by Gasteiger charge is 2.21. The number of nitrogens with one attached hydrogen (secondary N) is 1. The summed E-state index contributed by atoms with van der Waals surface area (Å²) in [6.45, 7) is 5.62. The SMILES string of the molecule is CCSc1ccc([C@H](CF)N2CCNCC2)cc1.Cl. The van der Waals surface area contributed by atoms with E-state index in [4.69, 9.17) is 0 Å². The highest BCUT2D eigenvalue weighted by atomic mass is 35.5. The number of alkyl halides is 1. The van der Waals surface area contributed by atoms with Gasteiger partial charge in [0.15, 0.2) is 0 Å². The first-order valence-corrected chi connectivity index (χ1v) is 7.57. The van der Waals surface area contributed by atoms with Crippen molar-refractivity contribution in [2.75, 3.05) is 38.6 Å². The quantitative estimate of drug-likeness (QED) is 0.841. The van der Waals surface area contributed by atoms with Crippen molar-refractivity contribution >= 4 is 24.2 Å². The minimum absolute atomic E-state index is 0. The minimum Gasteiger partial charge on any atom is -0.314 e. The Morgan fingerprint density at radius 3 is 2.42 bits per heavy atom. The number of rotatable bonds is 5. The van der Waals surface area contributed by atoms with Gasteiger partial charge in [-0.05, 0) is 23.4 Å². The molecule has 1 N–H and O–H groups in total. The van der Waals surface area contributed by atoms with E-state index in [1.165, 1.54) is 4.90 Å². The van der Waals surface area contributed by atoms with E-state index in [1.807, 2.05) is 11.8 Å². The smallest absolute Gasteiger partial charge is 0.109 e. The fraction of sp³-hybridized carbons (Fsp3) is 0.571. The summed E-state index contributed by atoms with van der Waals surface area (Å²) in [5, 5.41) is 3.30. The molecule has 5 heteroatoms. The second-order valence-electron chi connectivity index (χ2n) is 4.46. The lowest BCUT2D eigenvalue weighted by atomic mass is 10.1. The van der Waals surface area contributed by atoms with Gasteiger partial charge in [0.05, 0.1) is 6.04 Å². The molecule has 0 saturated carbocycles. The Kier molecular flexibility index (Phi) is 7.76. The summed E-state index contributed by atoms with van der Waals surface area (Å²) in [6.07, 6.45) is 0. The van der Waals surface area contributed by atoms with Crippen LogP contribution in [0.15, 0.2) is 29.2 Å². The summed E-state index contributed by atoms with van der Waals surface area (Å²) < 4.78 is 13.3. The lowest BCUT2D eigenvalue weighted by Gasteiger charge is -2.33. The van der Waals surface area contributed by atoms with Gasteiger partial charge < -0.3 is 5.32 Å². The van der Waals surface area contributed by atoms with E-state index >= 15 is 0 Å². The Labute approximate surface area is 125 Å². The van der Waals surface area contributed by atoms with E-state index < -0.39 is 0 Å². The van der Waals surface area contributed by atoms with Gasteiger partial charge in [-0.3, -0.25) is 4.90 Å². The molecule has 1 fully saturated rings. The van der Waals surface area contributed by atoms with Crippen LogP contribution in [0.3, 0.4) is 0 Å². The van der Waals surface area contributed by atoms with E-state index in [-0.39, 0.29) is 25.1 Å². The number of hydrogen-bond donors (Lipinski definition) is 1. The molecule has 1 atom stereocenters. The van der Waals surface area contributed by atoms with Crippen LogP contribution in [0.1, 0.15) is 18.5 Å².